The topological polar surface area (TPSA) is 92.4 Å². The molecule has 1 heterocycles. The number of hydrogen-bond acceptors (Lipinski definition) is 5. The number of aromatic nitrogens is 2. The zero-order chi connectivity index (χ0) is 16.7. The number of guanidine groups is 1. The molecule has 1 saturated carbocycles. The molecule has 0 amide bonds. The summed E-state index contributed by atoms with van der Waals surface area (Å²) >= 11 is 0. The zero-order valence-electron chi connectivity index (χ0n) is 14.6. The Hall–Kier alpha value is -0.710. The summed E-state index contributed by atoms with van der Waals surface area (Å²) in [6.07, 6.45) is 4.19. The van der Waals surface area contributed by atoms with Gasteiger partial charge in [-0.25, -0.2) is 4.99 Å². The van der Waals surface area contributed by atoms with Crippen molar-refractivity contribution < 1.29 is 8.73 Å². The second-order valence-corrected chi connectivity index (χ2v) is 7.74. The number of nitrogens with one attached hydrogen (secondary N) is 2. The van der Waals surface area contributed by atoms with Gasteiger partial charge in [0, 0.05) is 34.4 Å². The van der Waals surface area contributed by atoms with Crippen LogP contribution in [0.5, 0.6) is 0 Å². The number of halogens is 1. The van der Waals surface area contributed by atoms with E-state index in [4.69, 9.17) is 4.52 Å². The van der Waals surface area contributed by atoms with Gasteiger partial charge < -0.3 is 15.2 Å². The summed E-state index contributed by atoms with van der Waals surface area (Å²) in [6, 6.07) is 0.312. The number of hydrogen-bond donors (Lipinski definition) is 2. The molecule has 1 aliphatic carbocycles. The molecule has 1 aromatic heterocycles. The minimum absolute atomic E-state index is 0. The Morgan fingerprint density at radius 1 is 1.42 bits per heavy atom. The van der Waals surface area contributed by atoms with Crippen molar-refractivity contribution in [2.45, 2.75) is 64.3 Å². The maximum Gasteiger partial charge on any atom is 0.248 e. The van der Waals surface area contributed by atoms with Gasteiger partial charge in [-0.2, -0.15) is 4.98 Å². The lowest BCUT2D eigenvalue weighted by atomic mass is 9.95. The molecule has 138 valence electrons. The van der Waals surface area contributed by atoms with Gasteiger partial charge in [-0.3, -0.25) is 4.21 Å². The summed E-state index contributed by atoms with van der Waals surface area (Å²) in [7, 11) is -0.717. The van der Waals surface area contributed by atoms with Gasteiger partial charge in [-0.05, 0) is 33.1 Å². The van der Waals surface area contributed by atoms with E-state index < -0.39 is 10.8 Å². The number of aliphatic imine (C=N–C) groups is 1. The van der Waals surface area contributed by atoms with Crippen molar-refractivity contribution in [1.82, 2.24) is 20.8 Å². The molecule has 7 nitrogen and oxygen atoms in total. The van der Waals surface area contributed by atoms with Crippen molar-refractivity contribution in [2.75, 3.05) is 12.3 Å². The van der Waals surface area contributed by atoms with Gasteiger partial charge in [-0.15, -0.1) is 24.0 Å². The highest BCUT2D eigenvalue weighted by molar-refractivity contribution is 14.0. The monoisotopic (exact) mass is 469 g/mol. The van der Waals surface area contributed by atoms with Crippen LogP contribution in [-0.2, 0) is 17.3 Å². The predicted molar refractivity (Wildman–Crippen MR) is 107 cm³/mol. The minimum Gasteiger partial charge on any atom is -0.357 e. The Kier molecular flexibility index (Phi) is 9.79. The molecule has 1 aliphatic rings. The molecule has 3 atom stereocenters. The Balaban J connectivity index is 0.00000288. The van der Waals surface area contributed by atoms with Crippen LogP contribution in [0.1, 0.15) is 51.2 Å². The molecule has 0 bridgehead atoms. The van der Waals surface area contributed by atoms with E-state index >= 15 is 0 Å². The van der Waals surface area contributed by atoms with Gasteiger partial charge in [-0.1, -0.05) is 18.5 Å². The number of aryl methyl sites for hydroxylation is 1. The highest BCUT2D eigenvalue weighted by atomic mass is 127. The molecule has 2 N–H and O–H groups in total. The van der Waals surface area contributed by atoms with Crippen molar-refractivity contribution in [3.8, 4) is 0 Å². The van der Waals surface area contributed by atoms with E-state index in [2.05, 4.69) is 25.8 Å². The van der Waals surface area contributed by atoms with Crippen LogP contribution in [0.4, 0.5) is 0 Å². The highest BCUT2D eigenvalue weighted by Crippen LogP contribution is 2.23. The van der Waals surface area contributed by atoms with Gasteiger partial charge in [0.1, 0.15) is 6.54 Å². The average Bonchev–Trinajstić information content (AvgIpc) is 2.98. The second kappa shape index (κ2) is 11.0. The first-order chi connectivity index (χ1) is 11.1. The molecule has 24 heavy (non-hydrogen) atoms. The predicted octanol–water partition coefficient (Wildman–Crippen LogP) is 2.13. The Morgan fingerprint density at radius 2 is 2.21 bits per heavy atom. The van der Waals surface area contributed by atoms with Crippen LogP contribution in [-0.4, -0.2) is 43.9 Å². The lowest BCUT2D eigenvalue weighted by Gasteiger charge is -2.30. The second-order valence-electron chi connectivity index (χ2n) is 5.73. The summed E-state index contributed by atoms with van der Waals surface area (Å²) in [6.45, 7) is 6.95. The molecule has 3 unspecified atom stereocenters. The van der Waals surface area contributed by atoms with Crippen molar-refractivity contribution in [2.24, 2.45) is 4.99 Å². The number of nitrogens with zero attached hydrogens (tertiary/aromatic N) is 3. The fourth-order valence-corrected chi connectivity index (χ4v) is 4.16. The van der Waals surface area contributed by atoms with Gasteiger partial charge in [0.05, 0.1) is 0 Å². The molecule has 0 spiro atoms. The van der Waals surface area contributed by atoms with E-state index in [1.807, 2.05) is 13.8 Å². The lowest BCUT2D eigenvalue weighted by molar-refractivity contribution is 0.375. The van der Waals surface area contributed by atoms with Crippen LogP contribution in [0.25, 0.3) is 0 Å². The van der Waals surface area contributed by atoms with Crippen LogP contribution in [0.3, 0.4) is 0 Å². The van der Waals surface area contributed by atoms with Gasteiger partial charge in [0.15, 0.2) is 11.8 Å². The summed E-state index contributed by atoms with van der Waals surface area (Å²) in [4.78, 5) is 8.66. The molecule has 0 radical (unpaired) electrons. The molecule has 0 aliphatic heterocycles. The van der Waals surface area contributed by atoms with E-state index in [9.17, 15) is 4.21 Å². The molecule has 0 saturated heterocycles. The largest absolute Gasteiger partial charge is 0.357 e. The van der Waals surface area contributed by atoms with E-state index in [1.54, 1.807) is 6.92 Å². The third-order valence-electron chi connectivity index (χ3n) is 3.91. The number of rotatable bonds is 6. The highest BCUT2D eigenvalue weighted by Gasteiger charge is 2.26. The van der Waals surface area contributed by atoms with Crippen molar-refractivity contribution in [3.63, 3.8) is 0 Å². The van der Waals surface area contributed by atoms with Crippen molar-refractivity contribution in [3.05, 3.63) is 11.7 Å². The van der Waals surface area contributed by atoms with Crippen molar-refractivity contribution in [1.29, 1.82) is 0 Å². The third-order valence-corrected chi connectivity index (χ3v) is 5.65. The standard InChI is InChI=1S/C15H27N5O2S.HI/c1-4-16-15(17-10-14-18-11(3)20-22-14)19-12-7-6-8-13(9-12)23(21)5-2;/h12-13H,4-10H2,1-3H3,(H2,16,17,19);1H. The lowest BCUT2D eigenvalue weighted by Crippen LogP contribution is -2.46. The van der Waals surface area contributed by atoms with E-state index in [0.29, 0.717) is 29.6 Å². The van der Waals surface area contributed by atoms with Crippen LogP contribution in [0.15, 0.2) is 9.52 Å². The van der Waals surface area contributed by atoms with Crippen LogP contribution in [0.2, 0.25) is 0 Å². The Morgan fingerprint density at radius 3 is 2.83 bits per heavy atom. The molecule has 9 heteroatoms. The average molecular weight is 469 g/mol. The first-order valence-electron chi connectivity index (χ1n) is 8.33. The first kappa shape index (κ1) is 21.3. The van der Waals surface area contributed by atoms with Gasteiger partial charge in [0.2, 0.25) is 5.89 Å². The molecule has 1 fully saturated rings. The summed E-state index contributed by atoms with van der Waals surface area (Å²) < 4.78 is 17.1. The summed E-state index contributed by atoms with van der Waals surface area (Å²) in [5, 5.41) is 10.8. The molecule has 2 rings (SSSR count). The van der Waals surface area contributed by atoms with Crippen LogP contribution < -0.4 is 10.6 Å². The van der Waals surface area contributed by atoms with Gasteiger partial charge >= 0.3 is 0 Å². The summed E-state index contributed by atoms with van der Waals surface area (Å²) in [5.41, 5.74) is 0. The molecular formula is C15H28IN5O2S. The van der Waals surface area contributed by atoms with E-state index in [1.165, 1.54) is 0 Å². The van der Waals surface area contributed by atoms with E-state index in [-0.39, 0.29) is 24.0 Å². The maximum absolute atomic E-state index is 12.0. The van der Waals surface area contributed by atoms with Gasteiger partial charge in [0.25, 0.3) is 0 Å². The Bertz CT molecular complexity index is 552. The molecule has 1 aromatic rings. The fourth-order valence-electron chi connectivity index (χ4n) is 2.81. The molecule has 0 aromatic carbocycles. The normalized spacial score (nSPS) is 22.5. The first-order valence-corrected chi connectivity index (χ1v) is 9.71. The third kappa shape index (κ3) is 6.66. The Labute approximate surface area is 163 Å². The fraction of sp³-hybridized carbons (Fsp3) is 0.800. The van der Waals surface area contributed by atoms with Crippen molar-refractivity contribution >= 4 is 40.7 Å². The van der Waals surface area contributed by atoms with E-state index in [0.717, 1.165) is 43.9 Å². The summed E-state index contributed by atoms with van der Waals surface area (Å²) in [5.74, 6) is 2.61. The van der Waals surface area contributed by atoms with Crippen LogP contribution >= 0.6 is 24.0 Å². The quantitative estimate of drug-likeness (QED) is 0.377. The molecular weight excluding hydrogens is 441 g/mol. The minimum atomic E-state index is -0.717. The smallest absolute Gasteiger partial charge is 0.248 e. The maximum atomic E-state index is 12.0. The SMILES string of the molecule is CCNC(=NCc1nc(C)no1)NC1CCCC(S(=O)CC)C1.I. The van der Waals surface area contributed by atoms with Crippen LogP contribution in [0, 0.1) is 6.92 Å². The zero-order valence-corrected chi connectivity index (χ0v) is 17.7.